The predicted molar refractivity (Wildman–Crippen MR) is 45.4 cm³/mol. The average Bonchev–Trinajstić information content (AvgIpc) is 2.15. The van der Waals surface area contributed by atoms with Gasteiger partial charge in [-0.3, -0.25) is 4.79 Å². The summed E-state index contributed by atoms with van der Waals surface area (Å²) in [6.45, 7) is 0.453. The van der Waals surface area contributed by atoms with Gasteiger partial charge in [0.05, 0.1) is 5.41 Å². The number of carbonyl (C=O) groups is 1. The van der Waals surface area contributed by atoms with Crippen molar-refractivity contribution >= 4 is 5.97 Å². The standard InChI is InChI=1S/C9H13F3O3/c10-9(11,12)2-1-8(7(13)14)3-5-15-6-4-8/h1-6H2,(H,13,14). The minimum Gasteiger partial charge on any atom is -0.481 e. The Kier molecular flexibility index (Phi) is 3.59. The van der Waals surface area contributed by atoms with Crippen LogP contribution in [0.1, 0.15) is 25.7 Å². The van der Waals surface area contributed by atoms with E-state index in [1.54, 1.807) is 0 Å². The molecular weight excluding hydrogens is 213 g/mol. The van der Waals surface area contributed by atoms with Gasteiger partial charge in [0, 0.05) is 19.6 Å². The number of halogens is 3. The second-order valence-electron chi connectivity index (χ2n) is 3.81. The van der Waals surface area contributed by atoms with Gasteiger partial charge in [0.25, 0.3) is 0 Å². The van der Waals surface area contributed by atoms with Crippen molar-refractivity contribution in [2.24, 2.45) is 5.41 Å². The molecule has 0 unspecified atom stereocenters. The Morgan fingerprint density at radius 2 is 1.87 bits per heavy atom. The minimum atomic E-state index is -4.29. The van der Waals surface area contributed by atoms with E-state index in [0.717, 1.165) is 0 Å². The van der Waals surface area contributed by atoms with Crippen LogP contribution in [0, 0.1) is 5.41 Å². The number of aliphatic carboxylic acids is 1. The topological polar surface area (TPSA) is 46.5 Å². The molecule has 1 aliphatic rings. The molecule has 6 heteroatoms. The number of rotatable bonds is 3. The highest BCUT2D eigenvalue weighted by Gasteiger charge is 2.43. The second kappa shape index (κ2) is 4.38. The summed E-state index contributed by atoms with van der Waals surface area (Å²) >= 11 is 0. The smallest absolute Gasteiger partial charge is 0.389 e. The molecule has 1 N–H and O–H groups in total. The summed E-state index contributed by atoms with van der Waals surface area (Å²) in [4.78, 5) is 11.0. The van der Waals surface area contributed by atoms with Crippen LogP contribution in [0.2, 0.25) is 0 Å². The third-order valence-electron chi connectivity index (χ3n) is 2.79. The molecule has 0 aromatic rings. The average molecular weight is 226 g/mol. The maximum absolute atomic E-state index is 12.0. The van der Waals surface area contributed by atoms with Crippen molar-refractivity contribution in [3.05, 3.63) is 0 Å². The van der Waals surface area contributed by atoms with Crippen LogP contribution in [0.3, 0.4) is 0 Å². The molecule has 1 saturated heterocycles. The molecule has 1 rings (SSSR count). The number of hydrogen-bond donors (Lipinski definition) is 1. The molecule has 0 aromatic carbocycles. The first-order valence-electron chi connectivity index (χ1n) is 4.74. The van der Waals surface area contributed by atoms with Gasteiger partial charge in [-0.1, -0.05) is 0 Å². The number of carboxylic acid groups (broad SMARTS) is 1. The molecule has 0 radical (unpaired) electrons. The highest BCUT2D eigenvalue weighted by Crippen LogP contribution is 2.38. The molecule has 0 spiro atoms. The van der Waals surface area contributed by atoms with Gasteiger partial charge in [0.15, 0.2) is 0 Å². The van der Waals surface area contributed by atoms with Gasteiger partial charge < -0.3 is 9.84 Å². The van der Waals surface area contributed by atoms with Gasteiger partial charge in [0.1, 0.15) is 0 Å². The lowest BCUT2D eigenvalue weighted by Crippen LogP contribution is -2.38. The number of hydrogen-bond acceptors (Lipinski definition) is 2. The summed E-state index contributed by atoms with van der Waals surface area (Å²) in [5.41, 5.74) is -1.24. The summed E-state index contributed by atoms with van der Waals surface area (Å²) in [5.74, 6) is -1.14. The monoisotopic (exact) mass is 226 g/mol. The summed E-state index contributed by atoms with van der Waals surface area (Å²) < 4.78 is 41.0. The van der Waals surface area contributed by atoms with E-state index in [1.807, 2.05) is 0 Å². The Labute approximate surface area is 85.2 Å². The third kappa shape index (κ3) is 3.37. The van der Waals surface area contributed by atoms with E-state index < -0.39 is 24.0 Å². The lowest BCUT2D eigenvalue weighted by atomic mass is 9.76. The van der Waals surface area contributed by atoms with Crippen LogP contribution in [0.5, 0.6) is 0 Å². The van der Waals surface area contributed by atoms with E-state index in [9.17, 15) is 18.0 Å². The van der Waals surface area contributed by atoms with Gasteiger partial charge in [-0.2, -0.15) is 13.2 Å². The van der Waals surface area contributed by atoms with Gasteiger partial charge >= 0.3 is 12.1 Å². The van der Waals surface area contributed by atoms with Crippen LogP contribution in [0.15, 0.2) is 0 Å². The van der Waals surface area contributed by atoms with Crippen molar-refractivity contribution in [2.45, 2.75) is 31.9 Å². The number of ether oxygens (including phenoxy) is 1. The molecule has 0 atom stereocenters. The van der Waals surface area contributed by atoms with Crippen LogP contribution >= 0.6 is 0 Å². The van der Waals surface area contributed by atoms with E-state index in [0.29, 0.717) is 0 Å². The van der Waals surface area contributed by atoms with E-state index in [2.05, 4.69) is 0 Å². The predicted octanol–water partition coefficient (Wildman–Crippen LogP) is 2.21. The molecule has 0 amide bonds. The van der Waals surface area contributed by atoms with Crippen LogP contribution in [0.25, 0.3) is 0 Å². The molecule has 1 fully saturated rings. The van der Waals surface area contributed by atoms with Crippen LogP contribution in [0.4, 0.5) is 13.2 Å². The van der Waals surface area contributed by atoms with Crippen molar-refractivity contribution in [3.8, 4) is 0 Å². The second-order valence-corrected chi connectivity index (χ2v) is 3.81. The minimum absolute atomic E-state index is 0.165. The zero-order valence-electron chi connectivity index (χ0n) is 8.14. The SMILES string of the molecule is O=C(O)C1(CCC(F)(F)F)CCOCC1. The first-order chi connectivity index (χ1) is 6.86. The first-order valence-corrected chi connectivity index (χ1v) is 4.74. The van der Waals surface area contributed by atoms with Crippen LogP contribution < -0.4 is 0 Å². The van der Waals surface area contributed by atoms with Gasteiger partial charge in [-0.15, -0.1) is 0 Å². The van der Waals surface area contributed by atoms with Crippen molar-refractivity contribution in [2.75, 3.05) is 13.2 Å². The molecule has 0 bridgehead atoms. The Balaban J connectivity index is 2.61. The normalized spacial score (nSPS) is 21.3. The quantitative estimate of drug-likeness (QED) is 0.802. The van der Waals surface area contributed by atoms with Gasteiger partial charge in [-0.05, 0) is 19.3 Å². The Hall–Kier alpha value is -0.780. The lowest BCUT2D eigenvalue weighted by molar-refractivity contribution is -0.165. The molecule has 0 aliphatic carbocycles. The largest absolute Gasteiger partial charge is 0.481 e. The van der Waals surface area contributed by atoms with E-state index in [-0.39, 0.29) is 32.5 Å². The molecule has 3 nitrogen and oxygen atoms in total. The molecule has 1 heterocycles. The zero-order valence-corrected chi connectivity index (χ0v) is 8.14. The van der Waals surface area contributed by atoms with Crippen molar-refractivity contribution < 1.29 is 27.8 Å². The lowest BCUT2D eigenvalue weighted by Gasteiger charge is -2.33. The maximum atomic E-state index is 12.0. The van der Waals surface area contributed by atoms with E-state index >= 15 is 0 Å². The Morgan fingerprint density at radius 3 is 2.27 bits per heavy atom. The molecular formula is C9H13F3O3. The van der Waals surface area contributed by atoms with E-state index in [4.69, 9.17) is 9.84 Å². The summed E-state index contributed by atoms with van der Waals surface area (Å²) in [7, 11) is 0. The maximum Gasteiger partial charge on any atom is 0.389 e. The molecule has 88 valence electrons. The molecule has 0 aromatic heterocycles. The fourth-order valence-electron chi connectivity index (χ4n) is 1.71. The first kappa shape index (κ1) is 12.3. The highest BCUT2D eigenvalue weighted by atomic mass is 19.4. The van der Waals surface area contributed by atoms with Crippen molar-refractivity contribution in [1.82, 2.24) is 0 Å². The number of carboxylic acids is 1. The zero-order chi connectivity index (χ0) is 11.5. The van der Waals surface area contributed by atoms with E-state index in [1.165, 1.54) is 0 Å². The third-order valence-corrected chi connectivity index (χ3v) is 2.79. The Morgan fingerprint density at radius 1 is 1.33 bits per heavy atom. The van der Waals surface area contributed by atoms with Crippen molar-refractivity contribution in [3.63, 3.8) is 0 Å². The van der Waals surface area contributed by atoms with Crippen LogP contribution in [-0.4, -0.2) is 30.5 Å². The fourth-order valence-corrected chi connectivity index (χ4v) is 1.71. The Bertz CT molecular complexity index is 231. The highest BCUT2D eigenvalue weighted by molar-refractivity contribution is 5.74. The summed E-state index contributed by atoms with van der Waals surface area (Å²) in [6, 6.07) is 0. The van der Waals surface area contributed by atoms with Gasteiger partial charge in [-0.25, -0.2) is 0 Å². The molecule has 0 saturated carbocycles. The fraction of sp³-hybridized carbons (Fsp3) is 0.889. The van der Waals surface area contributed by atoms with Crippen LogP contribution in [-0.2, 0) is 9.53 Å². The van der Waals surface area contributed by atoms with Crippen molar-refractivity contribution in [1.29, 1.82) is 0 Å². The molecule has 15 heavy (non-hydrogen) atoms. The number of alkyl halides is 3. The van der Waals surface area contributed by atoms with Gasteiger partial charge in [0.2, 0.25) is 0 Å². The summed E-state index contributed by atoms with van der Waals surface area (Å²) in [6.07, 6.45) is -5.36. The summed E-state index contributed by atoms with van der Waals surface area (Å²) in [5, 5.41) is 8.96. The molecule has 1 aliphatic heterocycles.